The number of nitrogens with one attached hydrogen (secondary N) is 2. The number of aromatic amines is 1. The van der Waals surface area contributed by atoms with Crippen molar-refractivity contribution in [2.24, 2.45) is 5.73 Å². The number of nitrogens with zero attached hydrogens (tertiary/aromatic N) is 2. The first-order valence-corrected chi connectivity index (χ1v) is 8.69. The fourth-order valence-electron chi connectivity index (χ4n) is 2.97. The van der Waals surface area contributed by atoms with E-state index in [-0.39, 0.29) is 0 Å². The third kappa shape index (κ3) is 3.47. The molecule has 4 rings (SSSR count). The summed E-state index contributed by atoms with van der Waals surface area (Å²) in [6, 6.07) is 16.4. The standard InChI is InChI=1S/C20H16ClN5O/c21-19-16-9-13(6-7-17(16)25-26-19)14-8-15(11-23-10-14)24-18(20(22)27)12-4-2-1-3-5-12/h1-11,18,24H,(H2,22,27)(H,25,26). The van der Waals surface area contributed by atoms with Gasteiger partial charge in [0.2, 0.25) is 5.91 Å². The second kappa shape index (κ2) is 7.09. The summed E-state index contributed by atoms with van der Waals surface area (Å²) in [7, 11) is 0. The van der Waals surface area contributed by atoms with Crippen molar-refractivity contribution in [3.63, 3.8) is 0 Å². The van der Waals surface area contributed by atoms with Crippen LogP contribution in [0.3, 0.4) is 0 Å². The van der Waals surface area contributed by atoms with E-state index < -0.39 is 11.9 Å². The SMILES string of the molecule is NC(=O)C(Nc1cncc(-c2ccc3[nH]nc(Cl)c3c2)c1)c1ccccc1. The largest absolute Gasteiger partial charge is 0.369 e. The van der Waals surface area contributed by atoms with E-state index in [4.69, 9.17) is 17.3 Å². The summed E-state index contributed by atoms with van der Waals surface area (Å²) in [4.78, 5) is 16.2. The molecule has 4 N–H and O–H groups in total. The second-order valence-electron chi connectivity index (χ2n) is 6.13. The average Bonchev–Trinajstić information content (AvgIpc) is 3.07. The normalized spacial score (nSPS) is 12.0. The number of amides is 1. The van der Waals surface area contributed by atoms with Crippen LogP contribution in [-0.4, -0.2) is 21.1 Å². The molecule has 1 atom stereocenters. The maximum atomic E-state index is 11.9. The van der Waals surface area contributed by atoms with E-state index in [1.807, 2.05) is 54.6 Å². The molecule has 0 aliphatic rings. The molecular weight excluding hydrogens is 362 g/mol. The van der Waals surface area contributed by atoms with Crippen LogP contribution in [0, 0.1) is 0 Å². The molecule has 0 aliphatic heterocycles. The monoisotopic (exact) mass is 377 g/mol. The number of H-pyrrole nitrogens is 1. The Morgan fingerprint density at radius 1 is 1.07 bits per heavy atom. The Kier molecular flexibility index (Phi) is 4.48. The number of anilines is 1. The molecular formula is C20H16ClN5O. The fraction of sp³-hybridized carbons (Fsp3) is 0.0500. The maximum Gasteiger partial charge on any atom is 0.244 e. The van der Waals surface area contributed by atoms with Gasteiger partial charge < -0.3 is 11.1 Å². The lowest BCUT2D eigenvalue weighted by Crippen LogP contribution is -2.27. The van der Waals surface area contributed by atoms with Crippen LogP contribution in [0.25, 0.3) is 22.0 Å². The van der Waals surface area contributed by atoms with Gasteiger partial charge in [0.25, 0.3) is 0 Å². The van der Waals surface area contributed by atoms with E-state index in [2.05, 4.69) is 20.5 Å². The average molecular weight is 378 g/mol. The molecule has 0 spiro atoms. The zero-order valence-corrected chi connectivity index (χ0v) is 14.9. The minimum atomic E-state index is -0.644. The van der Waals surface area contributed by atoms with Crippen LogP contribution in [0.1, 0.15) is 11.6 Å². The van der Waals surface area contributed by atoms with Crippen LogP contribution in [0.2, 0.25) is 5.15 Å². The van der Waals surface area contributed by atoms with Crippen molar-refractivity contribution in [2.75, 3.05) is 5.32 Å². The second-order valence-corrected chi connectivity index (χ2v) is 6.49. The molecule has 0 bridgehead atoms. The summed E-state index contributed by atoms with van der Waals surface area (Å²) in [6.45, 7) is 0. The van der Waals surface area contributed by atoms with Crippen LogP contribution in [0.4, 0.5) is 5.69 Å². The predicted octanol–water partition coefficient (Wildman–Crippen LogP) is 3.92. The Morgan fingerprint density at radius 3 is 2.67 bits per heavy atom. The first-order valence-electron chi connectivity index (χ1n) is 8.31. The van der Waals surface area contributed by atoms with Crippen LogP contribution in [0.15, 0.2) is 67.0 Å². The van der Waals surface area contributed by atoms with Crippen molar-refractivity contribution < 1.29 is 4.79 Å². The summed E-state index contributed by atoms with van der Waals surface area (Å²) in [5.41, 5.74) is 9.76. The van der Waals surface area contributed by atoms with Gasteiger partial charge >= 0.3 is 0 Å². The minimum Gasteiger partial charge on any atom is -0.369 e. The van der Waals surface area contributed by atoms with Crippen molar-refractivity contribution in [1.29, 1.82) is 0 Å². The minimum absolute atomic E-state index is 0.423. The Balaban J connectivity index is 1.67. The van der Waals surface area contributed by atoms with E-state index in [1.165, 1.54) is 0 Å². The molecule has 27 heavy (non-hydrogen) atoms. The number of hydrogen-bond donors (Lipinski definition) is 3. The number of rotatable bonds is 5. The van der Waals surface area contributed by atoms with Gasteiger partial charge in [-0.15, -0.1) is 0 Å². The number of nitrogens with two attached hydrogens (primary N) is 1. The van der Waals surface area contributed by atoms with Crippen molar-refractivity contribution in [2.45, 2.75) is 6.04 Å². The topological polar surface area (TPSA) is 96.7 Å². The highest BCUT2D eigenvalue weighted by Crippen LogP contribution is 2.29. The molecule has 7 heteroatoms. The van der Waals surface area contributed by atoms with Gasteiger partial charge in [0, 0.05) is 17.1 Å². The number of pyridine rings is 1. The van der Waals surface area contributed by atoms with Crippen molar-refractivity contribution in [3.05, 3.63) is 77.7 Å². The number of hydrogen-bond acceptors (Lipinski definition) is 4. The zero-order chi connectivity index (χ0) is 18.8. The molecule has 1 unspecified atom stereocenters. The Labute approximate surface area is 160 Å². The molecule has 2 heterocycles. The summed E-state index contributed by atoms with van der Waals surface area (Å²) in [6.07, 6.45) is 3.41. The van der Waals surface area contributed by atoms with E-state index in [1.54, 1.807) is 12.4 Å². The summed E-state index contributed by atoms with van der Waals surface area (Å²) in [5, 5.41) is 11.3. The van der Waals surface area contributed by atoms with Gasteiger partial charge in [-0.05, 0) is 29.3 Å². The molecule has 0 radical (unpaired) electrons. The fourth-order valence-corrected chi connectivity index (χ4v) is 3.17. The Bertz CT molecular complexity index is 1110. The molecule has 6 nitrogen and oxygen atoms in total. The van der Waals surface area contributed by atoms with Crippen LogP contribution < -0.4 is 11.1 Å². The summed E-state index contributed by atoms with van der Waals surface area (Å²) in [5.74, 6) is -0.460. The van der Waals surface area contributed by atoms with Crippen molar-refractivity contribution in [1.82, 2.24) is 15.2 Å². The number of aromatic nitrogens is 3. The zero-order valence-electron chi connectivity index (χ0n) is 14.2. The van der Waals surface area contributed by atoms with Gasteiger partial charge in [-0.1, -0.05) is 48.0 Å². The lowest BCUT2D eigenvalue weighted by atomic mass is 10.0. The third-order valence-electron chi connectivity index (χ3n) is 4.32. The summed E-state index contributed by atoms with van der Waals surface area (Å²) >= 11 is 6.11. The number of benzene rings is 2. The number of primary amides is 1. The highest BCUT2D eigenvalue weighted by molar-refractivity contribution is 6.34. The molecule has 1 amide bonds. The molecule has 0 saturated heterocycles. The van der Waals surface area contributed by atoms with E-state index >= 15 is 0 Å². The Morgan fingerprint density at radius 2 is 1.89 bits per heavy atom. The number of halogens is 1. The number of carbonyl (C=O) groups excluding carboxylic acids is 1. The first-order chi connectivity index (χ1) is 13.1. The van der Waals surface area contributed by atoms with Crippen molar-refractivity contribution >= 4 is 34.1 Å². The number of carbonyl (C=O) groups is 1. The van der Waals surface area contributed by atoms with Gasteiger partial charge in [0.05, 0.1) is 17.4 Å². The van der Waals surface area contributed by atoms with Gasteiger partial charge in [0.15, 0.2) is 5.15 Å². The van der Waals surface area contributed by atoms with E-state index in [9.17, 15) is 4.79 Å². The highest BCUT2D eigenvalue weighted by atomic mass is 35.5. The molecule has 134 valence electrons. The molecule has 2 aromatic carbocycles. The number of fused-ring (bicyclic) bond motifs is 1. The van der Waals surface area contributed by atoms with Gasteiger partial charge in [-0.25, -0.2) is 0 Å². The third-order valence-corrected chi connectivity index (χ3v) is 4.60. The van der Waals surface area contributed by atoms with Gasteiger partial charge in [-0.3, -0.25) is 14.9 Å². The molecule has 0 fully saturated rings. The lowest BCUT2D eigenvalue weighted by molar-refractivity contribution is -0.118. The Hall–Kier alpha value is -3.38. The molecule has 2 aromatic heterocycles. The van der Waals surface area contributed by atoms with Gasteiger partial charge in [0.1, 0.15) is 6.04 Å². The van der Waals surface area contributed by atoms with E-state index in [0.29, 0.717) is 10.8 Å². The first kappa shape index (κ1) is 17.1. The smallest absolute Gasteiger partial charge is 0.244 e. The predicted molar refractivity (Wildman–Crippen MR) is 106 cm³/mol. The molecule has 0 aliphatic carbocycles. The molecule has 0 saturated carbocycles. The van der Waals surface area contributed by atoms with Crippen LogP contribution in [-0.2, 0) is 4.79 Å². The quantitative estimate of drug-likeness (QED) is 0.491. The lowest BCUT2D eigenvalue weighted by Gasteiger charge is -2.17. The van der Waals surface area contributed by atoms with E-state index in [0.717, 1.165) is 27.6 Å². The maximum absolute atomic E-state index is 11.9. The highest BCUT2D eigenvalue weighted by Gasteiger charge is 2.17. The molecule has 4 aromatic rings. The van der Waals surface area contributed by atoms with Gasteiger partial charge in [-0.2, -0.15) is 5.10 Å². The van der Waals surface area contributed by atoms with Crippen LogP contribution >= 0.6 is 11.6 Å². The van der Waals surface area contributed by atoms with Crippen LogP contribution in [0.5, 0.6) is 0 Å². The summed E-state index contributed by atoms with van der Waals surface area (Å²) < 4.78 is 0. The van der Waals surface area contributed by atoms with Crippen molar-refractivity contribution in [3.8, 4) is 11.1 Å².